The summed E-state index contributed by atoms with van der Waals surface area (Å²) in [5.41, 5.74) is 2.04. The molecule has 2 aromatic rings. The van der Waals surface area contributed by atoms with Gasteiger partial charge in [-0.3, -0.25) is 4.79 Å². The SMILES string of the molecule is CC(C(=O)O)c1ccc(CSc2ccc(Br)cc2)cc1. The summed E-state index contributed by atoms with van der Waals surface area (Å²) in [6.45, 7) is 1.70. The van der Waals surface area contributed by atoms with Gasteiger partial charge in [0.05, 0.1) is 5.92 Å². The number of benzene rings is 2. The van der Waals surface area contributed by atoms with Gasteiger partial charge < -0.3 is 5.11 Å². The first-order valence-corrected chi connectivity index (χ1v) is 8.04. The summed E-state index contributed by atoms with van der Waals surface area (Å²) in [7, 11) is 0. The molecule has 0 saturated carbocycles. The Hall–Kier alpha value is -1.26. The molecule has 0 aliphatic carbocycles. The first kappa shape index (κ1) is 15.1. The zero-order valence-electron chi connectivity index (χ0n) is 11.0. The molecule has 1 atom stereocenters. The summed E-state index contributed by atoms with van der Waals surface area (Å²) < 4.78 is 1.08. The molecule has 0 aromatic heterocycles. The molecular formula is C16H15BrO2S. The summed E-state index contributed by atoms with van der Waals surface area (Å²) in [5.74, 6) is -0.367. The number of aliphatic carboxylic acids is 1. The van der Waals surface area contributed by atoms with Crippen LogP contribution in [-0.2, 0) is 10.5 Å². The molecule has 0 aliphatic rings. The standard InChI is InChI=1S/C16H15BrO2S/c1-11(16(18)19)13-4-2-12(3-5-13)10-20-15-8-6-14(17)7-9-15/h2-9,11H,10H2,1H3,(H,18,19). The third-order valence-corrected chi connectivity index (χ3v) is 4.68. The van der Waals surface area contributed by atoms with Gasteiger partial charge in [-0.15, -0.1) is 11.8 Å². The highest BCUT2D eigenvalue weighted by molar-refractivity contribution is 9.10. The molecule has 0 radical (unpaired) electrons. The number of thioether (sulfide) groups is 1. The van der Waals surface area contributed by atoms with Crippen molar-refractivity contribution in [3.8, 4) is 0 Å². The number of carboxylic acid groups (broad SMARTS) is 1. The van der Waals surface area contributed by atoms with Gasteiger partial charge >= 0.3 is 5.97 Å². The zero-order valence-corrected chi connectivity index (χ0v) is 13.4. The van der Waals surface area contributed by atoms with E-state index < -0.39 is 11.9 Å². The van der Waals surface area contributed by atoms with E-state index in [0.29, 0.717) is 0 Å². The lowest BCUT2D eigenvalue weighted by molar-refractivity contribution is -0.138. The van der Waals surface area contributed by atoms with Crippen molar-refractivity contribution in [3.05, 3.63) is 64.1 Å². The van der Waals surface area contributed by atoms with Gasteiger partial charge in [-0.25, -0.2) is 0 Å². The van der Waals surface area contributed by atoms with Gasteiger partial charge in [-0.2, -0.15) is 0 Å². The van der Waals surface area contributed by atoms with Crippen LogP contribution in [0.25, 0.3) is 0 Å². The minimum atomic E-state index is -0.790. The van der Waals surface area contributed by atoms with Crippen molar-refractivity contribution < 1.29 is 9.90 Å². The van der Waals surface area contributed by atoms with Crippen LogP contribution in [0.3, 0.4) is 0 Å². The van der Waals surface area contributed by atoms with E-state index in [2.05, 4.69) is 28.1 Å². The van der Waals surface area contributed by atoms with Crippen molar-refractivity contribution in [3.63, 3.8) is 0 Å². The highest BCUT2D eigenvalue weighted by Gasteiger charge is 2.12. The van der Waals surface area contributed by atoms with Crippen molar-refractivity contribution in [2.45, 2.75) is 23.5 Å². The predicted molar refractivity (Wildman–Crippen MR) is 86.2 cm³/mol. The van der Waals surface area contributed by atoms with Crippen LogP contribution < -0.4 is 0 Å². The van der Waals surface area contributed by atoms with E-state index in [1.807, 2.05) is 36.4 Å². The lowest BCUT2D eigenvalue weighted by atomic mass is 10.0. The molecule has 0 fully saturated rings. The maximum absolute atomic E-state index is 10.9. The van der Waals surface area contributed by atoms with Crippen LogP contribution >= 0.6 is 27.7 Å². The van der Waals surface area contributed by atoms with Gasteiger partial charge in [0.2, 0.25) is 0 Å². The summed E-state index contributed by atoms with van der Waals surface area (Å²) in [4.78, 5) is 12.1. The zero-order chi connectivity index (χ0) is 14.5. The Labute approximate surface area is 131 Å². The first-order chi connectivity index (χ1) is 9.56. The lowest BCUT2D eigenvalue weighted by Gasteiger charge is -2.08. The number of carboxylic acids is 1. The summed E-state index contributed by atoms with van der Waals surface area (Å²) in [5, 5.41) is 8.97. The van der Waals surface area contributed by atoms with Gasteiger partial charge in [0.1, 0.15) is 0 Å². The molecule has 0 saturated heterocycles. The van der Waals surface area contributed by atoms with Crippen LogP contribution in [0.1, 0.15) is 24.0 Å². The lowest BCUT2D eigenvalue weighted by Crippen LogP contribution is -2.07. The van der Waals surface area contributed by atoms with E-state index in [9.17, 15) is 4.79 Å². The first-order valence-electron chi connectivity index (χ1n) is 6.26. The van der Waals surface area contributed by atoms with E-state index in [1.54, 1.807) is 18.7 Å². The molecule has 4 heteroatoms. The molecule has 20 heavy (non-hydrogen) atoms. The van der Waals surface area contributed by atoms with E-state index in [4.69, 9.17) is 5.11 Å². The Morgan fingerprint density at radius 2 is 1.75 bits per heavy atom. The maximum atomic E-state index is 10.9. The fourth-order valence-electron chi connectivity index (χ4n) is 1.74. The van der Waals surface area contributed by atoms with Gasteiger partial charge in [-0.1, -0.05) is 40.2 Å². The van der Waals surface area contributed by atoms with Crippen molar-refractivity contribution in [2.75, 3.05) is 0 Å². The second kappa shape index (κ2) is 6.95. The van der Waals surface area contributed by atoms with E-state index >= 15 is 0 Å². The molecule has 2 aromatic carbocycles. The Kier molecular flexibility index (Phi) is 5.26. The third kappa shape index (κ3) is 4.12. The number of carbonyl (C=O) groups is 1. The highest BCUT2D eigenvalue weighted by Crippen LogP contribution is 2.25. The Morgan fingerprint density at radius 1 is 1.15 bits per heavy atom. The van der Waals surface area contributed by atoms with Crippen LogP contribution in [-0.4, -0.2) is 11.1 Å². The second-order valence-corrected chi connectivity index (χ2v) is 6.51. The topological polar surface area (TPSA) is 37.3 Å². The monoisotopic (exact) mass is 350 g/mol. The summed E-state index contributed by atoms with van der Waals surface area (Å²) >= 11 is 5.18. The van der Waals surface area contributed by atoms with Crippen molar-refractivity contribution in [1.29, 1.82) is 0 Å². The molecule has 0 aliphatic heterocycles. The fourth-order valence-corrected chi connectivity index (χ4v) is 2.86. The number of rotatable bonds is 5. The van der Waals surface area contributed by atoms with Crippen LogP contribution in [0.15, 0.2) is 57.9 Å². The van der Waals surface area contributed by atoms with Gasteiger partial charge in [0.15, 0.2) is 0 Å². The van der Waals surface area contributed by atoms with Gasteiger partial charge in [-0.05, 0) is 42.3 Å². The largest absolute Gasteiger partial charge is 0.481 e. The minimum absolute atomic E-state index is 0.455. The van der Waals surface area contributed by atoms with Crippen molar-refractivity contribution >= 4 is 33.7 Å². The molecule has 0 spiro atoms. The summed E-state index contributed by atoms with van der Waals surface area (Å²) in [6, 6.07) is 16.0. The van der Waals surface area contributed by atoms with Crippen LogP contribution in [0, 0.1) is 0 Å². The Bertz CT molecular complexity index is 578. The number of halogens is 1. The molecule has 1 unspecified atom stereocenters. The molecule has 0 bridgehead atoms. The van der Waals surface area contributed by atoms with E-state index in [1.165, 1.54) is 10.5 Å². The van der Waals surface area contributed by atoms with E-state index in [-0.39, 0.29) is 0 Å². The highest BCUT2D eigenvalue weighted by atomic mass is 79.9. The molecule has 2 nitrogen and oxygen atoms in total. The van der Waals surface area contributed by atoms with E-state index in [0.717, 1.165) is 15.8 Å². The number of hydrogen-bond acceptors (Lipinski definition) is 2. The normalized spacial score (nSPS) is 12.1. The molecule has 0 amide bonds. The van der Waals surface area contributed by atoms with Crippen molar-refractivity contribution in [2.24, 2.45) is 0 Å². The molecule has 1 N–H and O–H groups in total. The van der Waals surface area contributed by atoms with Crippen molar-refractivity contribution in [1.82, 2.24) is 0 Å². The Balaban J connectivity index is 1.97. The quantitative estimate of drug-likeness (QED) is 0.776. The molecular weight excluding hydrogens is 336 g/mol. The van der Waals surface area contributed by atoms with Crippen LogP contribution in [0.5, 0.6) is 0 Å². The third-order valence-electron chi connectivity index (χ3n) is 3.07. The fraction of sp³-hybridized carbons (Fsp3) is 0.188. The average molecular weight is 351 g/mol. The molecule has 0 heterocycles. The summed E-state index contributed by atoms with van der Waals surface area (Å²) in [6.07, 6.45) is 0. The molecule has 104 valence electrons. The van der Waals surface area contributed by atoms with Crippen LogP contribution in [0.2, 0.25) is 0 Å². The Morgan fingerprint density at radius 3 is 2.30 bits per heavy atom. The maximum Gasteiger partial charge on any atom is 0.310 e. The minimum Gasteiger partial charge on any atom is -0.481 e. The number of hydrogen-bond donors (Lipinski definition) is 1. The smallest absolute Gasteiger partial charge is 0.310 e. The van der Waals surface area contributed by atoms with Gasteiger partial charge in [0.25, 0.3) is 0 Å². The average Bonchev–Trinajstić information content (AvgIpc) is 2.46. The predicted octanol–water partition coefficient (Wildman–Crippen LogP) is 4.93. The second-order valence-electron chi connectivity index (χ2n) is 4.54. The van der Waals surface area contributed by atoms with Crippen LogP contribution in [0.4, 0.5) is 0 Å². The molecule has 2 rings (SSSR count). The van der Waals surface area contributed by atoms with Gasteiger partial charge in [0, 0.05) is 15.1 Å².